The van der Waals surface area contributed by atoms with E-state index in [1.807, 2.05) is 0 Å². The first-order chi connectivity index (χ1) is 12.4. The Morgan fingerprint density at radius 1 is 1.00 bits per heavy atom. The number of rotatable bonds is 3. The topological polar surface area (TPSA) is 24.8 Å². The molecule has 3 nitrogen and oxygen atoms in total. The van der Waals surface area contributed by atoms with Crippen LogP contribution in [0.3, 0.4) is 0 Å². The zero-order chi connectivity index (χ0) is 18.7. The second-order valence-corrected chi connectivity index (χ2v) is 6.35. The molecule has 1 aliphatic heterocycles. The molecule has 0 radical (unpaired) electrons. The van der Waals surface area contributed by atoms with Gasteiger partial charge in [0.1, 0.15) is 12.4 Å². The number of halogens is 4. The lowest BCUT2D eigenvalue weighted by molar-refractivity contribution is -0.917. The van der Waals surface area contributed by atoms with Crippen molar-refractivity contribution in [2.24, 2.45) is 0 Å². The minimum absolute atomic E-state index is 0.0263. The average Bonchev–Trinajstić information content (AvgIpc) is 2.62. The first-order valence-corrected chi connectivity index (χ1v) is 8.39. The van der Waals surface area contributed by atoms with Crippen molar-refractivity contribution >= 4 is 5.91 Å². The Morgan fingerprint density at radius 3 is 2.27 bits per heavy atom. The highest BCUT2D eigenvalue weighted by Crippen LogP contribution is 2.31. The van der Waals surface area contributed by atoms with Gasteiger partial charge < -0.3 is 9.80 Å². The van der Waals surface area contributed by atoms with E-state index in [4.69, 9.17) is 0 Å². The number of carbonyl (C=O) groups is 1. The lowest BCUT2D eigenvalue weighted by Gasteiger charge is -2.32. The molecule has 1 amide bonds. The van der Waals surface area contributed by atoms with Gasteiger partial charge >= 0.3 is 6.18 Å². The van der Waals surface area contributed by atoms with Crippen LogP contribution in [0.4, 0.5) is 17.6 Å². The van der Waals surface area contributed by atoms with Crippen LogP contribution in [0.1, 0.15) is 21.5 Å². The van der Waals surface area contributed by atoms with Gasteiger partial charge in [0.05, 0.1) is 37.3 Å². The number of piperazine rings is 1. The zero-order valence-electron chi connectivity index (χ0n) is 14.0. The monoisotopic (exact) mass is 367 g/mol. The van der Waals surface area contributed by atoms with E-state index >= 15 is 0 Å². The highest BCUT2D eigenvalue weighted by molar-refractivity contribution is 5.94. The average molecular weight is 367 g/mol. The van der Waals surface area contributed by atoms with Crippen molar-refractivity contribution in [1.29, 1.82) is 0 Å². The smallest absolute Gasteiger partial charge is 0.328 e. The summed E-state index contributed by atoms with van der Waals surface area (Å²) in [6.45, 7) is 2.06. The maximum atomic E-state index is 13.8. The van der Waals surface area contributed by atoms with Crippen molar-refractivity contribution in [1.82, 2.24) is 4.90 Å². The second kappa shape index (κ2) is 7.45. The molecule has 1 fully saturated rings. The van der Waals surface area contributed by atoms with Gasteiger partial charge in [-0.15, -0.1) is 0 Å². The van der Waals surface area contributed by atoms with Gasteiger partial charge in [-0.25, -0.2) is 4.39 Å². The van der Waals surface area contributed by atoms with Crippen LogP contribution in [-0.2, 0) is 12.7 Å². The Morgan fingerprint density at radius 2 is 1.62 bits per heavy atom. The molecular weight excluding hydrogens is 348 g/mol. The van der Waals surface area contributed by atoms with Crippen molar-refractivity contribution < 1.29 is 27.3 Å². The molecule has 7 heteroatoms. The molecule has 26 heavy (non-hydrogen) atoms. The van der Waals surface area contributed by atoms with E-state index in [1.165, 1.54) is 30.3 Å². The van der Waals surface area contributed by atoms with Crippen LogP contribution in [0.25, 0.3) is 0 Å². The lowest BCUT2D eigenvalue weighted by atomic mass is 10.1. The molecule has 3 rings (SSSR count). The normalized spacial score (nSPS) is 15.9. The number of carbonyl (C=O) groups excluding carboxylic acids is 1. The van der Waals surface area contributed by atoms with Crippen molar-refractivity contribution in [3.8, 4) is 0 Å². The van der Waals surface area contributed by atoms with E-state index in [9.17, 15) is 22.4 Å². The Labute approximate surface area is 148 Å². The quantitative estimate of drug-likeness (QED) is 0.828. The molecule has 1 saturated heterocycles. The van der Waals surface area contributed by atoms with Gasteiger partial charge in [0.2, 0.25) is 0 Å². The van der Waals surface area contributed by atoms with Gasteiger partial charge in [-0.05, 0) is 18.2 Å². The number of hydrogen-bond donors (Lipinski definition) is 1. The summed E-state index contributed by atoms with van der Waals surface area (Å²) in [6.07, 6.45) is -4.38. The zero-order valence-corrected chi connectivity index (χ0v) is 14.0. The summed E-state index contributed by atoms with van der Waals surface area (Å²) in [5.74, 6) is -0.941. The summed E-state index contributed by atoms with van der Waals surface area (Å²) in [6, 6.07) is 11.4. The number of quaternary nitrogens is 1. The van der Waals surface area contributed by atoms with Crippen molar-refractivity contribution in [2.45, 2.75) is 12.7 Å². The number of hydrogen-bond acceptors (Lipinski definition) is 1. The highest BCUT2D eigenvalue weighted by Gasteiger charge is 2.34. The standard InChI is InChI=1S/C19H18F4N2O/c20-17-8-4-2-6-15(17)18(26)25-11-9-24(10-12-25)13-14-5-1-3-7-16(14)19(21,22)23/h1-8H,9-13H2/p+1. The number of alkyl halides is 3. The van der Waals surface area contributed by atoms with Gasteiger partial charge in [-0.1, -0.05) is 30.3 Å². The molecule has 0 bridgehead atoms. The van der Waals surface area contributed by atoms with Crippen molar-refractivity contribution in [3.63, 3.8) is 0 Å². The van der Waals surface area contributed by atoms with Crippen LogP contribution in [0.2, 0.25) is 0 Å². The summed E-state index contributed by atoms with van der Waals surface area (Å²) in [5.41, 5.74) is -0.334. The highest BCUT2D eigenvalue weighted by atomic mass is 19.4. The predicted molar refractivity (Wildman–Crippen MR) is 88.1 cm³/mol. The second-order valence-electron chi connectivity index (χ2n) is 6.35. The molecule has 1 aliphatic rings. The molecular formula is C19H19F4N2O+. The first-order valence-electron chi connectivity index (χ1n) is 8.39. The summed E-state index contributed by atoms with van der Waals surface area (Å²) in [4.78, 5) is 14.9. The molecule has 0 atom stereocenters. The van der Waals surface area contributed by atoms with Crippen molar-refractivity contribution in [3.05, 3.63) is 71.0 Å². The summed E-state index contributed by atoms with van der Waals surface area (Å²) in [5, 5.41) is 0. The van der Waals surface area contributed by atoms with Crippen LogP contribution in [0, 0.1) is 5.82 Å². The Hall–Kier alpha value is -2.41. The maximum absolute atomic E-state index is 13.8. The summed E-state index contributed by atoms with van der Waals surface area (Å²) < 4.78 is 53.1. The largest absolute Gasteiger partial charge is 0.416 e. The number of amides is 1. The molecule has 2 aromatic rings. The van der Waals surface area contributed by atoms with E-state index in [0.29, 0.717) is 26.2 Å². The van der Waals surface area contributed by atoms with Crippen LogP contribution < -0.4 is 4.90 Å². The van der Waals surface area contributed by atoms with Gasteiger partial charge in [0.25, 0.3) is 5.91 Å². The van der Waals surface area contributed by atoms with Crippen molar-refractivity contribution in [2.75, 3.05) is 26.2 Å². The summed E-state index contributed by atoms with van der Waals surface area (Å²) >= 11 is 0. The molecule has 1 heterocycles. The van der Waals surface area contributed by atoms with Crippen LogP contribution >= 0.6 is 0 Å². The van der Waals surface area contributed by atoms with Gasteiger partial charge in [0.15, 0.2) is 0 Å². The van der Waals surface area contributed by atoms with E-state index in [-0.39, 0.29) is 23.6 Å². The number of benzene rings is 2. The van der Waals surface area contributed by atoms with Crippen LogP contribution in [0.15, 0.2) is 48.5 Å². The fraction of sp³-hybridized carbons (Fsp3) is 0.316. The molecule has 2 aromatic carbocycles. The van der Waals surface area contributed by atoms with Gasteiger partial charge in [-0.3, -0.25) is 4.79 Å². The number of nitrogens with zero attached hydrogens (tertiary/aromatic N) is 1. The SMILES string of the molecule is O=C(c1ccccc1F)N1CC[NH+](Cc2ccccc2C(F)(F)F)CC1. The third kappa shape index (κ3) is 4.04. The molecule has 1 N–H and O–H groups in total. The predicted octanol–water partition coefficient (Wildman–Crippen LogP) is 2.39. The minimum Gasteiger partial charge on any atom is -0.328 e. The third-order valence-corrected chi connectivity index (χ3v) is 4.63. The van der Waals surface area contributed by atoms with Gasteiger partial charge in [0, 0.05) is 5.56 Å². The fourth-order valence-corrected chi connectivity index (χ4v) is 3.23. The van der Waals surface area contributed by atoms with E-state index in [1.54, 1.807) is 17.0 Å². The minimum atomic E-state index is -4.38. The Bertz CT molecular complexity index is 783. The molecule has 0 aliphatic carbocycles. The van der Waals surface area contributed by atoms with E-state index in [0.717, 1.165) is 11.0 Å². The molecule has 0 spiro atoms. The molecule has 0 aromatic heterocycles. The summed E-state index contributed by atoms with van der Waals surface area (Å²) in [7, 11) is 0. The molecule has 138 valence electrons. The number of nitrogens with one attached hydrogen (secondary N) is 1. The third-order valence-electron chi connectivity index (χ3n) is 4.63. The van der Waals surface area contributed by atoms with Crippen LogP contribution in [0.5, 0.6) is 0 Å². The Kier molecular flexibility index (Phi) is 5.27. The fourth-order valence-electron chi connectivity index (χ4n) is 3.23. The Balaban J connectivity index is 1.63. The maximum Gasteiger partial charge on any atom is 0.416 e. The lowest BCUT2D eigenvalue weighted by Crippen LogP contribution is -3.13. The first kappa shape index (κ1) is 18.4. The molecule has 0 saturated carbocycles. The van der Waals surface area contributed by atoms with E-state index in [2.05, 4.69) is 0 Å². The van der Waals surface area contributed by atoms with Gasteiger partial charge in [-0.2, -0.15) is 13.2 Å². The van der Waals surface area contributed by atoms with Crippen LogP contribution in [-0.4, -0.2) is 37.0 Å². The molecule has 0 unspecified atom stereocenters. The van der Waals surface area contributed by atoms with E-state index < -0.39 is 17.6 Å².